The number of esters is 1. The highest BCUT2D eigenvalue weighted by Gasteiger charge is 2.51. The fourth-order valence-corrected chi connectivity index (χ4v) is 4.98. The van der Waals surface area contributed by atoms with Gasteiger partial charge in [0.15, 0.2) is 0 Å². The Morgan fingerprint density at radius 3 is 2.11 bits per heavy atom. The molecule has 4 aliphatic rings. The Morgan fingerprint density at radius 2 is 1.68 bits per heavy atom. The fraction of sp³-hybridized carbons (Fsp3) is 0.938. The summed E-state index contributed by atoms with van der Waals surface area (Å²) in [5.41, 5.74) is -1.63. The van der Waals surface area contributed by atoms with Crippen molar-refractivity contribution < 1.29 is 13.9 Å². The second kappa shape index (κ2) is 4.46. The minimum atomic E-state index is -1.82. The topological polar surface area (TPSA) is 26.3 Å². The first kappa shape index (κ1) is 13.4. The highest BCUT2D eigenvalue weighted by molar-refractivity contribution is 5.78. The zero-order valence-corrected chi connectivity index (χ0v) is 12.1. The number of alkyl halides is 1. The molecule has 0 heterocycles. The third kappa shape index (κ3) is 2.41. The Morgan fingerprint density at radius 1 is 1.21 bits per heavy atom. The molecule has 4 rings (SSSR count). The lowest BCUT2D eigenvalue weighted by atomic mass is 9.50. The van der Waals surface area contributed by atoms with Crippen molar-refractivity contribution in [1.82, 2.24) is 0 Å². The van der Waals surface area contributed by atoms with Crippen molar-refractivity contribution in [1.29, 1.82) is 0 Å². The number of hydrogen-bond acceptors (Lipinski definition) is 2. The van der Waals surface area contributed by atoms with Crippen molar-refractivity contribution in [3.63, 3.8) is 0 Å². The van der Waals surface area contributed by atoms with E-state index in [9.17, 15) is 9.18 Å². The first-order valence-electron chi connectivity index (χ1n) is 7.79. The number of carbonyl (C=O) groups is 1. The summed E-state index contributed by atoms with van der Waals surface area (Å²) in [5, 5.41) is 0. The van der Waals surface area contributed by atoms with Gasteiger partial charge in [0.05, 0.1) is 6.61 Å². The molecule has 0 aromatic carbocycles. The maximum Gasteiger partial charge on any atom is 0.343 e. The summed E-state index contributed by atoms with van der Waals surface area (Å²) in [6.45, 7) is 3.47. The van der Waals surface area contributed by atoms with Crippen LogP contribution in [0.3, 0.4) is 0 Å². The molecule has 4 saturated carbocycles. The van der Waals surface area contributed by atoms with Crippen LogP contribution in [0.25, 0.3) is 0 Å². The van der Waals surface area contributed by atoms with Crippen LogP contribution in [0, 0.1) is 23.2 Å². The maximum atomic E-state index is 13.9. The van der Waals surface area contributed by atoms with Crippen LogP contribution < -0.4 is 0 Å². The van der Waals surface area contributed by atoms with Crippen LogP contribution >= 0.6 is 0 Å². The molecule has 0 radical (unpaired) electrons. The van der Waals surface area contributed by atoms with E-state index in [1.54, 1.807) is 6.92 Å². The monoisotopic (exact) mass is 268 g/mol. The van der Waals surface area contributed by atoms with Crippen LogP contribution in [0.15, 0.2) is 0 Å². The SMILES string of the molecule is CCC(C)(F)C(=O)OCC12CC3CC(CC(C3)C1)C2. The number of rotatable bonds is 4. The van der Waals surface area contributed by atoms with Gasteiger partial charge in [0, 0.05) is 5.41 Å². The molecule has 1 atom stereocenters. The molecule has 108 valence electrons. The van der Waals surface area contributed by atoms with Crippen molar-refractivity contribution in [3.8, 4) is 0 Å². The second-order valence-electron chi connectivity index (χ2n) is 7.54. The molecule has 0 amide bonds. The van der Waals surface area contributed by atoms with Gasteiger partial charge in [-0.15, -0.1) is 0 Å². The third-order valence-electron chi connectivity index (χ3n) is 5.76. The largest absolute Gasteiger partial charge is 0.463 e. The van der Waals surface area contributed by atoms with Gasteiger partial charge in [-0.05, 0) is 69.6 Å². The molecule has 0 saturated heterocycles. The lowest BCUT2D eigenvalue weighted by Gasteiger charge is -2.56. The van der Waals surface area contributed by atoms with E-state index in [1.807, 2.05) is 0 Å². The first-order chi connectivity index (χ1) is 8.92. The molecule has 2 nitrogen and oxygen atoms in total. The number of hydrogen-bond donors (Lipinski definition) is 0. The molecule has 4 fully saturated rings. The maximum absolute atomic E-state index is 13.9. The van der Waals surface area contributed by atoms with Gasteiger partial charge in [-0.1, -0.05) is 6.92 Å². The molecular weight excluding hydrogens is 243 g/mol. The van der Waals surface area contributed by atoms with E-state index in [2.05, 4.69) is 0 Å². The predicted molar refractivity (Wildman–Crippen MR) is 71.4 cm³/mol. The number of ether oxygens (including phenoxy) is 1. The molecule has 0 aliphatic heterocycles. The van der Waals surface area contributed by atoms with Gasteiger partial charge in [0.1, 0.15) is 0 Å². The summed E-state index contributed by atoms with van der Waals surface area (Å²) in [5.74, 6) is 1.86. The summed E-state index contributed by atoms with van der Waals surface area (Å²) in [4.78, 5) is 11.8. The Balaban J connectivity index is 1.62. The molecular formula is C16H25FO2. The van der Waals surface area contributed by atoms with E-state index < -0.39 is 11.6 Å². The van der Waals surface area contributed by atoms with E-state index in [4.69, 9.17) is 4.74 Å². The minimum Gasteiger partial charge on any atom is -0.463 e. The summed E-state index contributed by atoms with van der Waals surface area (Å²) in [6, 6.07) is 0. The first-order valence-corrected chi connectivity index (χ1v) is 7.79. The number of halogens is 1. The summed E-state index contributed by atoms with van der Waals surface area (Å²) in [6.07, 6.45) is 7.91. The quantitative estimate of drug-likeness (QED) is 0.723. The van der Waals surface area contributed by atoms with Crippen molar-refractivity contribution in [2.24, 2.45) is 23.2 Å². The average Bonchev–Trinajstić information content (AvgIpc) is 2.34. The van der Waals surface area contributed by atoms with E-state index in [0.717, 1.165) is 17.8 Å². The Hall–Kier alpha value is -0.600. The molecule has 0 aromatic rings. The lowest BCUT2D eigenvalue weighted by molar-refractivity contribution is -0.167. The van der Waals surface area contributed by atoms with Crippen molar-refractivity contribution in [2.75, 3.05) is 6.61 Å². The number of carbonyl (C=O) groups excluding carboxylic acids is 1. The third-order valence-corrected chi connectivity index (χ3v) is 5.76. The molecule has 1 unspecified atom stereocenters. The molecule has 4 bridgehead atoms. The van der Waals surface area contributed by atoms with Crippen LogP contribution in [-0.4, -0.2) is 18.2 Å². The summed E-state index contributed by atoms with van der Waals surface area (Å²) in [7, 11) is 0. The van der Waals surface area contributed by atoms with Crippen LogP contribution in [0.2, 0.25) is 0 Å². The Kier molecular flexibility index (Phi) is 3.14. The van der Waals surface area contributed by atoms with Crippen LogP contribution in [0.4, 0.5) is 4.39 Å². The molecule has 0 aromatic heterocycles. The van der Waals surface area contributed by atoms with Crippen LogP contribution in [0.5, 0.6) is 0 Å². The molecule has 4 aliphatic carbocycles. The van der Waals surface area contributed by atoms with Crippen LogP contribution in [0.1, 0.15) is 58.8 Å². The Labute approximate surface area is 115 Å². The average molecular weight is 268 g/mol. The van der Waals surface area contributed by atoms with Gasteiger partial charge in [0.2, 0.25) is 5.67 Å². The summed E-state index contributed by atoms with van der Waals surface area (Å²) < 4.78 is 19.3. The summed E-state index contributed by atoms with van der Waals surface area (Å²) >= 11 is 0. The second-order valence-corrected chi connectivity index (χ2v) is 7.54. The predicted octanol–water partition coefficient (Wildman–Crippen LogP) is 3.88. The van der Waals surface area contributed by atoms with Gasteiger partial charge in [-0.3, -0.25) is 0 Å². The van der Waals surface area contributed by atoms with Gasteiger partial charge in [0.25, 0.3) is 0 Å². The standard InChI is InChI=1S/C16H25FO2/c1-3-15(2,17)14(18)19-10-16-7-11-4-12(8-16)6-13(5-11)9-16/h11-13H,3-10H2,1-2H3. The Bertz CT molecular complexity index is 340. The molecule has 0 spiro atoms. The van der Waals surface area contributed by atoms with E-state index in [0.29, 0.717) is 6.61 Å². The normalized spacial score (nSPS) is 43.0. The van der Waals surface area contributed by atoms with Crippen molar-refractivity contribution in [3.05, 3.63) is 0 Å². The van der Waals surface area contributed by atoms with Gasteiger partial charge >= 0.3 is 5.97 Å². The lowest BCUT2D eigenvalue weighted by Crippen LogP contribution is -2.49. The smallest absolute Gasteiger partial charge is 0.343 e. The zero-order chi connectivity index (χ0) is 13.7. The van der Waals surface area contributed by atoms with E-state index in [-0.39, 0.29) is 11.8 Å². The van der Waals surface area contributed by atoms with Gasteiger partial charge in [-0.2, -0.15) is 0 Å². The van der Waals surface area contributed by atoms with E-state index in [1.165, 1.54) is 45.4 Å². The van der Waals surface area contributed by atoms with Gasteiger partial charge < -0.3 is 4.74 Å². The van der Waals surface area contributed by atoms with Crippen LogP contribution in [-0.2, 0) is 9.53 Å². The van der Waals surface area contributed by atoms with Gasteiger partial charge in [-0.25, -0.2) is 9.18 Å². The molecule has 3 heteroatoms. The van der Waals surface area contributed by atoms with Crippen molar-refractivity contribution in [2.45, 2.75) is 64.5 Å². The zero-order valence-electron chi connectivity index (χ0n) is 12.1. The highest BCUT2D eigenvalue weighted by atomic mass is 19.1. The molecule has 19 heavy (non-hydrogen) atoms. The van der Waals surface area contributed by atoms with Crippen molar-refractivity contribution >= 4 is 5.97 Å². The molecule has 0 N–H and O–H groups in total. The fourth-order valence-electron chi connectivity index (χ4n) is 4.98. The highest BCUT2D eigenvalue weighted by Crippen LogP contribution is 2.60. The minimum absolute atomic E-state index is 0.187. The van der Waals surface area contributed by atoms with E-state index >= 15 is 0 Å².